The van der Waals surface area contributed by atoms with Crippen LogP contribution in [0, 0.1) is 16.7 Å². The first-order valence-corrected chi connectivity index (χ1v) is 7.28. The van der Waals surface area contributed by atoms with Crippen molar-refractivity contribution >= 4 is 11.9 Å². The molecule has 0 aromatic carbocycles. The summed E-state index contributed by atoms with van der Waals surface area (Å²) in [5.74, 6) is -0.500. The number of ether oxygens (including phenoxy) is 1. The van der Waals surface area contributed by atoms with Crippen LogP contribution in [0.15, 0.2) is 24.8 Å². The molecular weight excluding hydrogens is 268 g/mol. The zero-order chi connectivity index (χ0) is 16.4. The number of hydrogen-bond acceptors (Lipinski definition) is 3. The zero-order valence-electron chi connectivity index (χ0n) is 13.4. The Morgan fingerprint density at radius 3 is 2.14 bits per heavy atom. The predicted molar refractivity (Wildman–Crippen MR) is 81.8 cm³/mol. The Morgan fingerprint density at radius 2 is 1.86 bits per heavy atom. The van der Waals surface area contributed by atoms with Crippen molar-refractivity contribution in [2.45, 2.75) is 53.1 Å². The highest BCUT2D eigenvalue weighted by atomic mass is 16.5. The molecule has 2 rings (SSSR count). The number of fused-ring (bicyclic) bond motifs is 2. The van der Waals surface area contributed by atoms with E-state index in [0.717, 1.165) is 12.5 Å². The molecule has 4 nitrogen and oxygen atoms in total. The van der Waals surface area contributed by atoms with Crippen molar-refractivity contribution in [2.75, 3.05) is 0 Å². The van der Waals surface area contributed by atoms with E-state index in [9.17, 15) is 9.59 Å². The Bertz CT molecular complexity index is 463. The third-order valence-electron chi connectivity index (χ3n) is 5.49. The van der Waals surface area contributed by atoms with Gasteiger partial charge in [-0.2, -0.15) is 0 Å². The Labute approximate surface area is 126 Å². The van der Waals surface area contributed by atoms with E-state index in [2.05, 4.69) is 33.9 Å². The molecule has 2 bridgehead atoms. The molecule has 2 fully saturated rings. The topological polar surface area (TPSA) is 63.6 Å². The molecule has 0 saturated heterocycles. The normalized spacial score (nSPS) is 31.8. The van der Waals surface area contributed by atoms with E-state index < -0.39 is 5.97 Å². The van der Waals surface area contributed by atoms with E-state index in [1.165, 1.54) is 12.8 Å². The van der Waals surface area contributed by atoms with Gasteiger partial charge in [0.15, 0.2) is 0 Å². The van der Waals surface area contributed by atoms with E-state index in [-0.39, 0.29) is 17.5 Å². The maximum absolute atomic E-state index is 11.6. The summed E-state index contributed by atoms with van der Waals surface area (Å²) in [6, 6.07) is 0. The number of rotatable bonds is 3. The molecule has 1 N–H and O–H groups in total. The summed E-state index contributed by atoms with van der Waals surface area (Å²) in [6.07, 6.45) is 4.41. The summed E-state index contributed by atoms with van der Waals surface area (Å²) in [5.41, 5.74) is 0.958. The molecule has 0 aromatic heterocycles. The Hall–Kier alpha value is -1.58. The molecular formula is C17H26O4. The van der Waals surface area contributed by atoms with Crippen LogP contribution in [0.25, 0.3) is 0 Å². The fourth-order valence-corrected chi connectivity index (χ4v) is 3.54. The minimum Gasteiger partial charge on any atom is -0.478 e. The SMILES string of the molecule is C=C(C)C(=O)OC1C[C@H]2CC[C@@]1(C)C2(C)C.C=CC(=O)O. The van der Waals surface area contributed by atoms with Gasteiger partial charge in [0.2, 0.25) is 0 Å². The number of carbonyl (C=O) groups is 2. The summed E-state index contributed by atoms with van der Waals surface area (Å²) in [6.45, 7) is 15.2. The first-order chi connectivity index (χ1) is 9.56. The number of carboxylic acid groups (broad SMARTS) is 1. The van der Waals surface area contributed by atoms with Crippen LogP contribution in [0.5, 0.6) is 0 Å². The monoisotopic (exact) mass is 294 g/mol. The minimum atomic E-state index is -0.981. The molecule has 0 spiro atoms. The molecule has 1 unspecified atom stereocenters. The van der Waals surface area contributed by atoms with Gasteiger partial charge >= 0.3 is 11.9 Å². The van der Waals surface area contributed by atoms with E-state index in [0.29, 0.717) is 16.9 Å². The van der Waals surface area contributed by atoms with Crippen LogP contribution in [-0.2, 0) is 14.3 Å². The number of carboxylic acids is 1. The minimum absolute atomic E-state index is 0.0884. The molecule has 2 saturated carbocycles. The molecule has 0 aromatic rings. The van der Waals surface area contributed by atoms with Crippen molar-refractivity contribution in [1.29, 1.82) is 0 Å². The van der Waals surface area contributed by atoms with Gasteiger partial charge < -0.3 is 9.84 Å². The van der Waals surface area contributed by atoms with Crippen LogP contribution in [0.1, 0.15) is 47.0 Å². The number of esters is 1. The van der Waals surface area contributed by atoms with Crippen molar-refractivity contribution in [3.8, 4) is 0 Å². The van der Waals surface area contributed by atoms with Gasteiger partial charge in [0.1, 0.15) is 6.10 Å². The first-order valence-electron chi connectivity index (χ1n) is 7.28. The van der Waals surface area contributed by atoms with E-state index >= 15 is 0 Å². The summed E-state index contributed by atoms with van der Waals surface area (Å²) >= 11 is 0. The van der Waals surface area contributed by atoms with Crippen LogP contribution in [0.2, 0.25) is 0 Å². The third-order valence-corrected chi connectivity index (χ3v) is 5.49. The van der Waals surface area contributed by atoms with Gasteiger partial charge in [-0.05, 0) is 37.5 Å². The number of aliphatic carboxylic acids is 1. The van der Waals surface area contributed by atoms with Crippen LogP contribution < -0.4 is 0 Å². The van der Waals surface area contributed by atoms with Gasteiger partial charge in [0.25, 0.3) is 0 Å². The third kappa shape index (κ3) is 3.20. The van der Waals surface area contributed by atoms with Crippen molar-refractivity contribution in [2.24, 2.45) is 16.7 Å². The second-order valence-electron chi connectivity index (χ2n) is 6.83. The van der Waals surface area contributed by atoms with E-state index in [1.54, 1.807) is 6.92 Å². The van der Waals surface area contributed by atoms with Crippen molar-refractivity contribution in [1.82, 2.24) is 0 Å². The predicted octanol–water partition coefficient (Wildman–Crippen LogP) is 3.58. The second-order valence-corrected chi connectivity index (χ2v) is 6.83. The molecule has 0 amide bonds. The zero-order valence-corrected chi connectivity index (χ0v) is 13.4. The molecule has 21 heavy (non-hydrogen) atoms. The van der Waals surface area contributed by atoms with Crippen LogP contribution in [-0.4, -0.2) is 23.1 Å². The molecule has 0 aliphatic heterocycles. The van der Waals surface area contributed by atoms with Gasteiger partial charge in [-0.15, -0.1) is 0 Å². The summed E-state index contributed by atoms with van der Waals surface area (Å²) in [4.78, 5) is 20.9. The number of hydrogen-bond donors (Lipinski definition) is 1. The molecule has 2 aliphatic rings. The van der Waals surface area contributed by atoms with Crippen molar-refractivity contribution in [3.63, 3.8) is 0 Å². The molecule has 118 valence electrons. The highest BCUT2D eigenvalue weighted by Gasteiger charge is 2.62. The molecule has 2 aliphatic carbocycles. The Balaban J connectivity index is 0.000000383. The quantitative estimate of drug-likeness (QED) is 0.638. The second kappa shape index (κ2) is 6.04. The smallest absolute Gasteiger partial charge is 0.333 e. The fourth-order valence-electron chi connectivity index (χ4n) is 3.54. The lowest BCUT2D eigenvalue weighted by Crippen LogP contribution is -2.38. The lowest BCUT2D eigenvalue weighted by atomic mass is 9.70. The van der Waals surface area contributed by atoms with Gasteiger partial charge in [0.05, 0.1) is 0 Å². The molecule has 4 heteroatoms. The van der Waals surface area contributed by atoms with Gasteiger partial charge in [-0.25, -0.2) is 9.59 Å². The summed E-state index contributed by atoms with van der Waals surface area (Å²) in [7, 11) is 0. The van der Waals surface area contributed by atoms with Crippen LogP contribution in [0.4, 0.5) is 0 Å². The Kier molecular flexibility index (Phi) is 5.03. The van der Waals surface area contributed by atoms with Gasteiger partial charge in [0, 0.05) is 17.1 Å². The lowest BCUT2D eigenvalue weighted by molar-refractivity contribution is -0.151. The average molecular weight is 294 g/mol. The van der Waals surface area contributed by atoms with E-state index in [1.807, 2.05) is 0 Å². The summed E-state index contributed by atoms with van der Waals surface area (Å²) in [5, 5.41) is 7.60. The maximum atomic E-state index is 11.6. The maximum Gasteiger partial charge on any atom is 0.333 e. The average Bonchev–Trinajstić information content (AvgIpc) is 2.72. The van der Waals surface area contributed by atoms with Crippen LogP contribution in [0.3, 0.4) is 0 Å². The highest BCUT2D eigenvalue weighted by molar-refractivity contribution is 5.87. The summed E-state index contributed by atoms with van der Waals surface area (Å²) < 4.78 is 5.61. The highest BCUT2D eigenvalue weighted by Crippen LogP contribution is 2.66. The van der Waals surface area contributed by atoms with Crippen molar-refractivity contribution < 1.29 is 19.4 Å². The number of carbonyl (C=O) groups excluding carboxylic acids is 1. The van der Waals surface area contributed by atoms with E-state index in [4.69, 9.17) is 9.84 Å². The fraction of sp³-hybridized carbons (Fsp3) is 0.647. The largest absolute Gasteiger partial charge is 0.478 e. The van der Waals surface area contributed by atoms with Gasteiger partial charge in [-0.3, -0.25) is 0 Å². The molecule has 0 heterocycles. The molecule has 0 radical (unpaired) electrons. The molecule has 3 atom stereocenters. The Morgan fingerprint density at radius 1 is 1.33 bits per heavy atom. The van der Waals surface area contributed by atoms with Gasteiger partial charge in [-0.1, -0.05) is 33.9 Å². The lowest BCUT2D eigenvalue weighted by Gasteiger charge is -2.38. The standard InChI is InChI=1S/C14H22O2.C3H4O2/c1-9(2)12(15)16-11-8-10-6-7-14(11,5)13(10,3)4;1-2-3(4)5/h10-11H,1,6-8H2,2-5H3;2H,1H2,(H,4,5)/t10-,11?,14-;/m1./s1. The van der Waals surface area contributed by atoms with Crippen LogP contribution >= 0.6 is 0 Å². The van der Waals surface area contributed by atoms with Crippen molar-refractivity contribution in [3.05, 3.63) is 24.8 Å². The first kappa shape index (κ1) is 17.5.